The predicted octanol–water partition coefficient (Wildman–Crippen LogP) is 4.23. The maximum Gasteiger partial charge on any atom is 0.120 e. The first kappa shape index (κ1) is 14.3. The molecule has 2 nitrogen and oxygen atoms in total. The van der Waals surface area contributed by atoms with Crippen molar-refractivity contribution in [1.29, 1.82) is 0 Å². The molecule has 1 rings (SSSR count). The van der Waals surface area contributed by atoms with Crippen molar-refractivity contribution in [2.24, 2.45) is 0 Å². The summed E-state index contributed by atoms with van der Waals surface area (Å²) in [6.45, 7) is 8.65. The highest BCUT2D eigenvalue weighted by Gasteiger charge is 2.27. The molecule has 17 heavy (non-hydrogen) atoms. The molecule has 0 saturated heterocycles. The number of rotatable bonds is 4. The van der Waals surface area contributed by atoms with E-state index in [1.54, 1.807) is 12.1 Å². The van der Waals surface area contributed by atoms with E-state index in [0.717, 1.165) is 12.0 Å². The summed E-state index contributed by atoms with van der Waals surface area (Å²) in [7, 11) is 2.08. The number of phenols is 1. The van der Waals surface area contributed by atoms with Gasteiger partial charge in [0.05, 0.1) is 0 Å². The first-order valence-electron chi connectivity index (χ1n) is 6.01. The molecule has 3 heteroatoms. The van der Waals surface area contributed by atoms with Crippen molar-refractivity contribution in [3.05, 3.63) is 28.8 Å². The second-order valence-electron chi connectivity index (χ2n) is 5.16. The predicted molar refractivity (Wildman–Crippen MR) is 73.7 cm³/mol. The van der Waals surface area contributed by atoms with Gasteiger partial charge in [0.1, 0.15) is 5.75 Å². The first-order chi connectivity index (χ1) is 7.79. The molecule has 0 aliphatic rings. The van der Waals surface area contributed by atoms with E-state index in [2.05, 4.69) is 39.6 Å². The van der Waals surface area contributed by atoms with E-state index >= 15 is 0 Å². The lowest BCUT2D eigenvalue weighted by atomic mass is 9.95. The van der Waals surface area contributed by atoms with Crippen molar-refractivity contribution in [2.75, 3.05) is 7.05 Å². The third-order valence-corrected chi connectivity index (χ3v) is 4.08. The molecule has 0 aliphatic carbocycles. The number of phenolic OH excluding ortho intramolecular Hbond substituents is 1. The molecule has 1 N–H and O–H groups in total. The largest absolute Gasteiger partial charge is 0.508 e. The summed E-state index contributed by atoms with van der Waals surface area (Å²) in [6, 6.07) is 5.33. The van der Waals surface area contributed by atoms with E-state index in [4.69, 9.17) is 11.6 Å². The molecule has 0 heterocycles. The van der Waals surface area contributed by atoms with Crippen LogP contribution in [0.15, 0.2) is 18.2 Å². The fraction of sp³-hybridized carbons (Fsp3) is 0.571. The number of benzene rings is 1. The number of aromatic hydroxyl groups is 1. The zero-order valence-electron chi connectivity index (χ0n) is 11.3. The monoisotopic (exact) mass is 255 g/mol. The molecule has 0 spiro atoms. The Morgan fingerprint density at radius 1 is 1.41 bits per heavy atom. The van der Waals surface area contributed by atoms with Gasteiger partial charge in [-0.15, -0.1) is 0 Å². The van der Waals surface area contributed by atoms with Crippen molar-refractivity contribution in [1.82, 2.24) is 4.90 Å². The lowest BCUT2D eigenvalue weighted by molar-refractivity contribution is 0.104. The fourth-order valence-electron chi connectivity index (χ4n) is 1.84. The van der Waals surface area contributed by atoms with Gasteiger partial charge in [-0.2, -0.15) is 0 Å². The van der Waals surface area contributed by atoms with E-state index in [-0.39, 0.29) is 11.6 Å². The van der Waals surface area contributed by atoms with Crippen LogP contribution in [0.1, 0.15) is 45.7 Å². The molecule has 0 fully saturated rings. The summed E-state index contributed by atoms with van der Waals surface area (Å²) in [5.41, 5.74) is 0.968. The zero-order valence-corrected chi connectivity index (χ0v) is 12.0. The van der Waals surface area contributed by atoms with E-state index in [1.165, 1.54) is 0 Å². The molecule has 96 valence electrons. The van der Waals surface area contributed by atoms with Crippen LogP contribution in [0.4, 0.5) is 0 Å². The zero-order chi connectivity index (χ0) is 13.2. The fourth-order valence-corrected chi connectivity index (χ4v) is 2.02. The minimum atomic E-state index is 0.0914. The van der Waals surface area contributed by atoms with Gasteiger partial charge in [-0.3, -0.25) is 4.90 Å². The van der Waals surface area contributed by atoms with E-state index in [1.807, 2.05) is 6.07 Å². The highest BCUT2D eigenvalue weighted by atomic mass is 35.5. The van der Waals surface area contributed by atoms with Gasteiger partial charge in [-0.25, -0.2) is 0 Å². The van der Waals surface area contributed by atoms with Crippen molar-refractivity contribution < 1.29 is 5.11 Å². The normalized spacial score (nSPS) is 14.1. The maximum absolute atomic E-state index is 9.91. The van der Waals surface area contributed by atoms with Crippen LogP contribution in [0.2, 0.25) is 5.02 Å². The molecule has 1 atom stereocenters. The molecule has 0 aromatic heterocycles. The van der Waals surface area contributed by atoms with Crippen LogP contribution in [0, 0.1) is 0 Å². The lowest BCUT2D eigenvalue weighted by Gasteiger charge is -2.39. The summed E-state index contributed by atoms with van der Waals surface area (Å²) in [5, 5.41) is 10.6. The van der Waals surface area contributed by atoms with Crippen LogP contribution < -0.4 is 0 Å². The number of hydrogen-bond donors (Lipinski definition) is 1. The average molecular weight is 256 g/mol. The second-order valence-corrected chi connectivity index (χ2v) is 5.59. The highest BCUT2D eigenvalue weighted by Crippen LogP contribution is 2.34. The van der Waals surface area contributed by atoms with Gasteiger partial charge in [-0.05, 0) is 52.4 Å². The van der Waals surface area contributed by atoms with Gasteiger partial charge in [0.2, 0.25) is 0 Å². The summed E-state index contributed by atoms with van der Waals surface area (Å²) in [4.78, 5) is 2.26. The molecule has 0 bridgehead atoms. The van der Waals surface area contributed by atoms with Gasteiger partial charge in [-0.1, -0.05) is 18.5 Å². The Morgan fingerprint density at radius 2 is 2.00 bits per heavy atom. The van der Waals surface area contributed by atoms with Crippen LogP contribution in [0.25, 0.3) is 0 Å². The van der Waals surface area contributed by atoms with E-state index < -0.39 is 0 Å². The van der Waals surface area contributed by atoms with E-state index in [9.17, 15) is 5.11 Å². The highest BCUT2D eigenvalue weighted by molar-refractivity contribution is 6.30. The molecule has 0 saturated carbocycles. The summed E-state index contributed by atoms with van der Waals surface area (Å²) < 4.78 is 0. The van der Waals surface area contributed by atoms with Crippen LogP contribution in [-0.2, 0) is 0 Å². The number of nitrogens with zero attached hydrogens (tertiary/aromatic N) is 1. The third kappa shape index (κ3) is 3.14. The molecular formula is C14H22ClNO. The molecule has 0 radical (unpaired) electrons. The molecular weight excluding hydrogens is 234 g/mol. The summed E-state index contributed by atoms with van der Waals surface area (Å²) in [5.74, 6) is 0.306. The number of halogens is 1. The van der Waals surface area contributed by atoms with Crippen molar-refractivity contribution >= 4 is 11.6 Å². The van der Waals surface area contributed by atoms with Gasteiger partial charge >= 0.3 is 0 Å². The first-order valence-corrected chi connectivity index (χ1v) is 6.38. The maximum atomic E-state index is 9.91. The minimum Gasteiger partial charge on any atom is -0.508 e. The van der Waals surface area contributed by atoms with Crippen LogP contribution in [0.5, 0.6) is 5.75 Å². The van der Waals surface area contributed by atoms with Crippen LogP contribution in [-0.4, -0.2) is 22.6 Å². The minimum absolute atomic E-state index is 0.0914. The number of hydrogen-bond acceptors (Lipinski definition) is 2. The van der Waals surface area contributed by atoms with Crippen molar-refractivity contribution in [2.45, 2.75) is 45.7 Å². The van der Waals surface area contributed by atoms with Crippen LogP contribution in [0.3, 0.4) is 0 Å². The third-order valence-electron chi connectivity index (χ3n) is 3.84. The Kier molecular flexibility index (Phi) is 4.45. The van der Waals surface area contributed by atoms with Gasteiger partial charge in [0.15, 0.2) is 0 Å². The molecule has 0 amide bonds. The molecule has 1 unspecified atom stereocenters. The standard InChI is InChI=1S/C14H22ClNO/c1-6-14(3,4)16(5)10(2)12-9-11(15)7-8-13(12)17/h7-10,17H,6H2,1-5H3. The lowest BCUT2D eigenvalue weighted by Crippen LogP contribution is -2.41. The van der Waals surface area contributed by atoms with Gasteiger partial charge < -0.3 is 5.11 Å². The Morgan fingerprint density at radius 3 is 2.53 bits per heavy atom. The molecule has 1 aromatic carbocycles. The average Bonchev–Trinajstić information content (AvgIpc) is 2.30. The SMILES string of the molecule is CCC(C)(C)N(C)C(C)c1cc(Cl)ccc1O. The second kappa shape index (κ2) is 5.28. The smallest absolute Gasteiger partial charge is 0.120 e. The Hall–Kier alpha value is -0.730. The van der Waals surface area contributed by atoms with E-state index in [0.29, 0.717) is 10.8 Å². The van der Waals surface area contributed by atoms with Gasteiger partial charge in [0, 0.05) is 22.2 Å². The molecule has 1 aromatic rings. The molecule has 0 aliphatic heterocycles. The Labute approximate surface area is 109 Å². The van der Waals surface area contributed by atoms with Crippen LogP contribution >= 0.6 is 11.6 Å². The van der Waals surface area contributed by atoms with Crippen molar-refractivity contribution in [3.63, 3.8) is 0 Å². The topological polar surface area (TPSA) is 23.5 Å². The Balaban J connectivity index is 3.04. The summed E-state index contributed by atoms with van der Waals surface area (Å²) >= 11 is 5.98. The van der Waals surface area contributed by atoms with Gasteiger partial charge in [0.25, 0.3) is 0 Å². The van der Waals surface area contributed by atoms with Crippen molar-refractivity contribution in [3.8, 4) is 5.75 Å². The Bertz CT molecular complexity index is 390. The quantitative estimate of drug-likeness (QED) is 0.871. The summed E-state index contributed by atoms with van der Waals surface area (Å²) in [6.07, 6.45) is 1.05.